The molecule has 19 heavy (non-hydrogen) atoms. The van der Waals surface area contributed by atoms with Gasteiger partial charge in [-0.25, -0.2) is 9.59 Å². The van der Waals surface area contributed by atoms with Crippen molar-refractivity contribution in [2.75, 3.05) is 6.61 Å². The average molecular weight is 260 g/mol. The number of rotatable bonds is 5. The minimum Gasteiger partial charge on any atom is -0.461 e. The number of carbonyl (C=O) groups is 1. The molecular formula is C14H16N2O3. The molecule has 0 aliphatic carbocycles. The first-order valence-corrected chi connectivity index (χ1v) is 6.27. The quantitative estimate of drug-likeness (QED) is 0.640. The fraction of sp³-hybridized carbons (Fsp3) is 0.286. The van der Waals surface area contributed by atoms with Gasteiger partial charge in [0.25, 0.3) is 0 Å². The number of carbonyl (C=O) groups excluding carboxylic acids is 1. The van der Waals surface area contributed by atoms with Crippen LogP contribution in [-0.2, 0) is 4.74 Å². The van der Waals surface area contributed by atoms with E-state index in [4.69, 9.17) is 4.74 Å². The Balaban J connectivity index is 2.26. The van der Waals surface area contributed by atoms with E-state index in [-0.39, 0.29) is 5.69 Å². The second kappa shape index (κ2) is 6.04. The predicted molar refractivity (Wildman–Crippen MR) is 72.0 cm³/mol. The molecule has 0 radical (unpaired) electrons. The van der Waals surface area contributed by atoms with Gasteiger partial charge in [0.2, 0.25) is 0 Å². The summed E-state index contributed by atoms with van der Waals surface area (Å²) in [6, 6.07) is 9.19. The Morgan fingerprint density at radius 1 is 1.21 bits per heavy atom. The second-order valence-electron chi connectivity index (χ2n) is 4.18. The van der Waals surface area contributed by atoms with Gasteiger partial charge >= 0.3 is 11.7 Å². The van der Waals surface area contributed by atoms with Gasteiger partial charge in [0.1, 0.15) is 0 Å². The molecule has 0 spiro atoms. The number of nitrogens with one attached hydrogen (secondary N) is 2. The Bertz CT molecular complexity index is 599. The molecule has 0 fully saturated rings. The van der Waals surface area contributed by atoms with Crippen LogP contribution in [0, 0.1) is 0 Å². The summed E-state index contributed by atoms with van der Waals surface area (Å²) in [6.45, 7) is 2.37. The van der Waals surface area contributed by atoms with Crippen molar-refractivity contribution in [1.82, 2.24) is 9.97 Å². The van der Waals surface area contributed by atoms with Crippen molar-refractivity contribution in [3.8, 4) is 11.3 Å². The van der Waals surface area contributed by atoms with Crippen LogP contribution in [0.15, 0.2) is 35.1 Å². The third kappa shape index (κ3) is 3.13. The number of ether oxygens (including phenoxy) is 1. The number of imidazole rings is 1. The van der Waals surface area contributed by atoms with Gasteiger partial charge in [-0.1, -0.05) is 43.7 Å². The van der Waals surface area contributed by atoms with Gasteiger partial charge in [0.15, 0.2) is 5.69 Å². The van der Waals surface area contributed by atoms with E-state index < -0.39 is 11.7 Å². The molecule has 0 saturated carbocycles. The summed E-state index contributed by atoms with van der Waals surface area (Å²) in [5, 5.41) is 0. The van der Waals surface area contributed by atoms with Crippen molar-refractivity contribution < 1.29 is 9.53 Å². The maximum atomic E-state index is 11.9. The van der Waals surface area contributed by atoms with Crippen LogP contribution in [0.5, 0.6) is 0 Å². The maximum Gasteiger partial charge on any atom is 0.357 e. The van der Waals surface area contributed by atoms with Crippen molar-refractivity contribution in [3.63, 3.8) is 0 Å². The SMILES string of the molecule is CCCCOC(=O)c1[nH]c(=O)[nH]c1-c1ccccc1. The van der Waals surface area contributed by atoms with Crippen LogP contribution in [0.4, 0.5) is 0 Å². The molecule has 100 valence electrons. The molecular weight excluding hydrogens is 244 g/mol. The van der Waals surface area contributed by atoms with Gasteiger partial charge < -0.3 is 9.72 Å². The fourth-order valence-electron chi connectivity index (χ4n) is 1.74. The Morgan fingerprint density at radius 2 is 1.95 bits per heavy atom. The Kier molecular flexibility index (Phi) is 4.18. The lowest BCUT2D eigenvalue weighted by atomic mass is 10.1. The topological polar surface area (TPSA) is 75.0 Å². The minimum atomic E-state index is -0.509. The molecule has 1 aromatic carbocycles. The normalized spacial score (nSPS) is 10.4. The van der Waals surface area contributed by atoms with Crippen LogP contribution in [0.25, 0.3) is 11.3 Å². The van der Waals surface area contributed by atoms with Crippen LogP contribution < -0.4 is 5.69 Å². The zero-order valence-corrected chi connectivity index (χ0v) is 10.7. The third-order valence-electron chi connectivity index (χ3n) is 2.72. The molecule has 2 aromatic rings. The van der Waals surface area contributed by atoms with Crippen molar-refractivity contribution in [2.24, 2.45) is 0 Å². The monoisotopic (exact) mass is 260 g/mol. The summed E-state index contributed by atoms with van der Waals surface area (Å²) < 4.78 is 5.11. The number of H-pyrrole nitrogens is 2. The van der Waals surface area contributed by atoms with Crippen LogP contribution in [0.1, 0.15) is 30.3 Å². The molecule has 0 unspecified atom stereocenters. The summed E-state index contributed by atoms with van der Waals surface area (Å²) in [7, 11) is 0. The van der Waals surface area contributed by atoms with Gasteiger partial charge in [0.05, 0.1) is 12.3 Å². The van der Waals surface area contributed by atoms with Crippen LogP contribution in [0.2, 0.25) is 0 Å². The van der Waals surface area contributed by atoms with E-state index in [0.29, 0.717) is 12.3 Å². The summed E-state index contributed by atoms with van der Waals surface area (Å²) in [5.74, 6) is -0.509. The summed E-state index contributed by atoms with van der Waals surface area (Å²) >= 11 is 0. The Morgan fingerprint density at radius 3 is 2.63 bits per heavy atom. The number of unbranched alkanes of at least 4 members (excludes halogenated alkanes) is 1. The third-order valence-corrected chi connectivity index (χ3v) is 2.72. The van der Waals surface area contributed by atoms with E-state index in [1.165, 1.54) is 0 Å². The van der Waals surface area contributed by atoms with Gasteiger partial charge in [-0.3, -0.25) is 4.98 Å². The zero-order chi connectivity index (χ0) is 13.7. The van der Waals surface area contributed by atoms with Crippen molar-refractivity contribution in [3.05, 3.63) is 46.5 Å². The van der Waals surface area contributed by atoms with Gasteiger partial charge in [-0.15, -0.1) is 0 Å². The number of hydrogen-bond donors (Lipinski definition) is 2. The molecule has 0 aliphatic rings. The van der Waals surface area contributed by atoms with Crippen LogP contribution in [-0.4, -0.2) is 22.5 Å². The average Bonchev–Trinajstić information content (AvgIpc) is 2.82. The standard InChI is InChI=1S/C14H16N2O3/c1-2-3-9-19-13(17)12-11(15-14(18)16-12)10-7-5-4-6-8-10/h4-8H,2-3,9H2,1H3,(H2,15,16,18). The van der Waals surface area contributed by atoms with Crippen molar-refractivity contribution in [1.29, 1.82) is 0 Å². The van der Waals surface area contributed by atoms with E-state index in [0.717, 1.165) is 18.4 Å². The smallest absolute Gasteiger partial charge is 0.357 e. The fourth-order valence-corrected chi connectivity index (χ4v) is 1.74. The first-order valence-electron chi connectivity index (χ1n) is 6.27. The molecule has 5 nitrogen and oxygen atoms in total. The molecule has 1 aromatic heterocycles. The number of aromatic nitrogens is 2. The van der Waals surface area contributed by atoms with Gasteiger partial charge in [0, 0.05) is 5.56 Å². The Hall–Kier alpha value is -2.30. The van der Waals surface area contributed by atoms with E-state index in [1.54, 1.807) is 0 Å². The highest BCUT2D eigenvalue weighted by Crippen LogP contribution is 2.19. The highest BCUT2D eigenvalue weighted by molar-refractivity contribution is 5.94. The first-order chi connectivity index (χ1) is 9.22. The van der Waals surface area contributed by atoms with Gasteiger partial charge in [-0.2, -0.15) is 0 Å². The van der Waals surface area contributed by atoms with Crippen LogP contribution in [0.3, 0.4) is 0 Å². The van der Waals surface area contributed by atoms with Crippen molar-refractivity contribution in [2.45, 2.75) is 19.8 Å². The Labute approximate surface area is 110 Å². The molecule has 1 heterocycles. The second-order valence-corrected chi connectivity index (χ2v) is 4.18. The molecule has 2 rings (SSSR count). The minimum absolute atomic E-state index is 0.173. The largest absolute Gasteiger partial charge is 0.461 e. The lowest BCUT2D eigenvalue weighted by Crippen LogP contribution is -2.09. The molecule has 0 amide bonds. The van der Waals surface area contributed by atoms with Gasteiger partial charge in [-0.05, 0) is 6.42 Å². The van der Waals surface area contributed by atoms with Crippen molar-refractivity contribution >= 4 is 5.97 Å². The lowest BCUT2D eigenvalue weighted by molar-refractivity contribution is 0.0494. The van der Waals surface area contributed by atoms with E-state index in [2.05, 4.69) is 9.97 Å². The van der Waals surface area contributed by atoms with Crippen LogP contribution >= 0.6 is 0 Å². The molecule has 0 aliphatic heterocycles. The number of esters is 1. The first kappa shape index (κ1) is 13.1. The van der Waals surface area contributed by atoms with E-state index in [1.807, 2.05) is 37.3 Å². The summed E-state index contributed by atoms with van der Waals surface area (Å²) in [4.78, 5) is 28.4. The number of benzene rings is 1. The molecule has 0 atom stereocenters. The molecule has 2 N–H and O–H groups in total. The zero-order valence-electron chi connectivity index (χ0n) is 10.7. The molecule has 5 heteroatoms. The highest BCUT2D eigenvalue weighted by atomic mass is 16.5. The molecule has 0 bridgehead atoms. The highest BCUT2D eigenvalue weighted by Gasteiger charge is 2.17. The summed E-state index contributed by atoms with van der Waals surface area (Å²) in [5.41, 5.74) is 0.990. The van der Waals surface area contributed by atoms with E-state index >= 15 is 0 Å². The van der Waals surface area contributed by atoms with E-state index in [9.17, 15) is 9.59 Å². The summed E-state index contributed by atoms with van der Waals surface area (Å²) in [6.07, 6.45) is 1.75. The lowest BCUT2D eigenvalue weighted by Gasteiger charge is -2.04. The molecule has 0 saturated heterocycles. The number of aromatic amines is 2. The maximum absolute atomic E-state index is 11.9. The predicted octanol–water partition coefficient (Wildman–Crippen LogP) is 2.33. The number of hydrogen-bond acceptors (Lipinski definition) is 3.